The van der Waals surface area contributed by atoms with E-state index in [0.29, 0.717) is 12.1 Å². The molecule has 0 aliphatic heterocycles. The van der Waals surface area contributed by atoms with Crippen molar-refractivity contribution in [2.45, 2.75) is 11.1 Å². The van der Waals surface area contributed by atoms with Crippen molar-refractivity contribution < 1.29 is 40.0 Å². The van der Waals surface area contributed by atoms with Gasteiger partial charge in [-0.1, -0.05) is 0 Å². The maximum atomic E-state index is 13.1. The number of hydrogen-bond acceptors (Lipinski definition) is 4. The van der Waals surface area contributed by atoms with Gasteiger partial charge in [0, 0.05) is 0 Å². The van der Waals surface area contributed by atoms with Gasteiger partial charge in [-0.05, 0) is 23.1 Å². The zero-order valence-electron chi connectivity index (χ0n) is 8.66. The normalized spacial score (nSPS) is 12.3. The second-order valence-corrected chi connectivity index (χ2v) is 4.66. The van der Waals surface area contributed by atoms with Crippen molar-refractivity contribution in [3.05, 3.63) is 29.8 Å². The van der Waals surface area contributed by atoms with Crippen LogP contribution >= 0.6 is 0 Å². The minimum atomic E-state index is -5.44. The van der Waals surface area contributed by atoms with Crippen LogP contribution in [0.4, 0.5) is 22.0 Å². The number of benzene rings is 1. The van der Waals surface area contributed by atoms with Crippen LogP contribution in [0.1, 0.15) is 0 Å². The van der Waals surface area contributed by atoms with E-state index in [1.165, 1.54) is 0 Å². The lowest BCUT2D eigenvalue weighted by atomic mass is 10.3. The number of carbonyl (C=O) groups is 1. The summed E-state index contributed by atoms with van der Waals surface area (Å²) in [6.07, 6.45) is -5.44. The second kappa shape index (κ2) is 5.09. The Hall–Kier alpha value is -1.75. The minimum absolute atomic E-state index is 0.207. The molecule has 1 aromatic rings. The maximum Gasteiger partial charge on any atom is 0.492 e. The van der Waals surface area contributed by atoms with Crippen LogP contribution in [0, 0.1) is 11.6 Å². The Morgan fingerprint density at radius 3 is 2.32 bits per heavy atom. The van der Waals surface area contributed by atoms with Crippen LogP contribution in [0.5, 0.6) is 0 Å². The van der Waals surface area contributed by atoms with E-state index >= 15 is 0 Å². The lowest BCUT2D eigenvalue weighted by Crippen LogP contribution is -2.34. The number of nitrogens with one attached hydrogen (secondary N) is 1. The molecule has 0 aromatic heterocycles. The Bertz CT molecular complexity index is 598. The zero-order valence-corrected chi connectivity index (χ0v) is 9.48. The molecule has 0 saturated carbocycles. The van der Waals surface area contributed by atoms with Gasteiger partial charge in [-0.2, -0.15) is 13.2 Å². The summed E-state index contributed by atoms with van der Waals surface area (Å²) in [5, 5.41) is 0. The van der Waals surface area contributed by atoms with Crippen LogP contribution in [0.3, 0.4) is 0 Å². The number of rotatable bonds is 3. The summed E-state index contributed by atoms with van der Waals surface area (Å²) in [4.78, 5) is 12.9. The van der Waals surface area contributed by atoms with Crippen LogP contribution in [0.25, 0.3) is 0 Å². The molecule has 1 N–H and O–H groups in total. The standard InChI is InChI=1S/C8H4F5NO4S/c9-4-1-2-5(10)6(3-4)19(16,17)14-18-7(15)8(11,12)13/h1-3,14H. The van der Waals surface area contributed by atoms with E-state index in [4.69, 9.17) is 0 Å². The summed E-state index contributed by atoms with van der Waals surface area (Å²) in [5.74, 6) is -5.44. The molecular weight excluding hydrogens is 301 g/mol. The highest BCUT2D eigenvalue weighted by molar-refractivity contribution is 7.89. The molecule has 0 radical (unpaired) electrons. The highest BCUT2D eigenvalue weighted by Gasteiger charge is 2.42. The fourth-order valence-electron chi connectivity index (χ4n) is 0.879. The van der Waals surface area contributed by atoms with E-state index in [0.717, 1.165) is 4.89 Å². The fourth-order valence-corrected chi connectivity index (χ4v) is 1.75. The number of carbonyl (C=O) groups excluding carboxylic acids is 1. The summed E-state index contributed by atoms with van der Waals surface area (Å²) >= 11 is 0. The van der Waals surface area contributed by atoms with Gasteiger partial charge in [-0.3, -0.25) is 0 Å². The van der Waals surface area contributed by atoms with Crippen LogP contribution in [-0.4, -0.2) is 20.6 Å². The third-order valence-corrected chi connectivity index (χ3v) is 2.85. The van der Waals surface area contributed by atoms with Gasteiger partial charge < -0.3 is 4.84 Å². The average molecular weight is 305 g/mol. The number of halogens is 5. The molecule has 11 heteroatoms. The van der Waals surface area contributed by atoms with Crippen molar-refractivity contribution >= 4 is 16.0 Å². The lowest BCUT2D eigenvalue weighted by Gasteiger charge is -2.09. The first-order valence-corrected chi connectivity index (χ1v) is 5.77. The Kier molecular flexibility index (Phi) is 4.10. The average Bonchev–Trinajstić information content (AvgIpc) is 2.28. The third-order valence-electron chi connectivity index (χ3n) is 1.66. The molecular formula is C8H4F5NO4S. The van der Waals surface area contributed by atoms with Crippen molar-refractivity contribution in [3.63, 3.8) is 0 Å². The highest BCUT2D eigenvalue weighted by atomic mass is 32.2. The third kappa shape index (κ3) is 3.86. The molecule has 0 saturated heterocycles. The Morgan fingerprint density at radius 1 is 1.21 bits per heavy atom. The fraction of sp³-hybridized carbons (Fsp3) is 0.125. The summed E-state index contributed by atoms with van der Waals surface area (Å²) in [7, 11) is -4.98. The smallest absolute Gasteiger partial charge is 0.348 e. The number of sulfonamides is 1. The SMILES string of the molecule is O=C(ONS(=O)(=O)c1cc(F)ccc1F)C(F)(F)F. The Balaban J connectivity index is 2.94. The van der Waals surface area contributed by atoms with Crippen LogP contribution < -0.4 is 4.89 Å². The topological polar surface area (TPSA) is 72.5 Å². The predicted molar refractivity (Wildman–Crippen MR) is 48.8 cm³/mol. The molecule has 0 fully saturated rings. The molecule has 0 amide bonds. The van der Waals surface area contributed by atoms with E-state index in [1.807, 2.05) is 0 Å². The second-order valence-electron chi connectivity index (χ2n) is 3.05. The van der Waals surface area contributed by atoms with Crippen LogP contribution in [0.15, 0.2) is 23.1 Å². The molecule has 5 nitrogen and oxygen atoms in total. The van der Waals surface area contributed by atoms with Gasteiger partial charge in [-0.15, -0.1) is 0 Å². The van der Waals surface area contributed by atoms with Gasteiger partial charge in [0.25, 0.3) is 10.0 Å². The molecule has 0 aliphatic carbocycles. The largest absolute Gasteiger partial charge is 0.492 e. The van der Waals surface area contributed by atoms with Crippen molar-refractivity contribution in [2.75, 3.05) is 0 Å². The summed E-state index contributed by atoms with van der Waals surface area (Å²) in [6.45, 7) is 0. The predicted octanol–water partition coefficient (Wildman–Crippen LogP) is 1.26. The van der Waals surface area contributed by atoms with E-state index in [-0.39, 0.29) is 6.07 Å². The summed E-state index contributed by atoms with van der Waals surface area (Å²) in [5.41, 5.74) is 0. The van der Waals surface area contributed by atoms with Crippen molar-refractivity contribution in [1.82, 2.24) is 4.89 Å². The molecule has 1 rings (SSSR count). The first-order valence-electron chi connectivity index (χ1n) is 4.29. The molecule has 0 bridgehead atoms. The molecule has 0 heterocycles. The molecule has 0 spiro atoms. The van der Waals surface area contributed by atoms with Crippen molar-refractivity contribution in [3.8, 4) is 0 Å². The lowest BCUT2D eigenvalue weighted by molar-refractivity contribution is -0.203. The van der Waals surface area contributed by atoms with Gasteiger partial charge in [0.2, 0.25) is 0 Å². The van der Waals surface area contributed by atoms with Gasteiger partial charge in [0.1, 0.15) is 16.5 Å². The molecule has 1 aromatic carbocycles. The van der Waals surface area contributed by atoms with Gasteiger partial charge in [0.15, 0.2) is 0 Å². The zero-order chi connectivity index (χ0) is 14.8. The van der Waals surface area contributed by atoms with Gasteiger partial charge >= 0.3 is 12.1 Å². The van der Waals surface area contributed by atoms with Crippen LogP contribution in [0.2, 0.25) is 0 Å². The van der Waals surface area contributed by atoms with Gasteiger partial charge in [0.05, 0.1) is 0 Å². The monoisotopic (exact) mass is 305 g/mol. The van der Waals surface area contributed by atoms with Crippen molar-refractivity contribution in [1.29, 1.82) is 0 Å². The summed E-state index contributed by atoms with van der Waals surface area (Å²) < 4.78 is 83.5. The first-order chi connectivity index (χ1) is 8.54. The Morgan fingerprint density at radius 2 is 1.79 bits per heavy atom. The van der Waals surface area contributed by atoms with E-state index in [2.05, 4.69) is 4.84 Å². The Labute approximate surface area is 103 Å². The quantitative estimate of drug-likeness (QED) is 0.674. The molecule has 19 heavy (non-hydrogen) atoms. The molecule has 106 valence electrons. The molecule has 0 aliphatic rings. The van der Waals surface area contributed by atoms with Gasteiger partial charge in [-0.25, -0.2) is 22.0 Å². The summed E-state index contributed by atoms with van der Waals surface area (Å²) in [6, 6.07) is 1.24. The maximum absolute atomic E-state index is 13.1. The van der Waals surface area contributed by atoms with E-state index in [1.54, 1.807) is 0 Å². The molecule has 0 unspecified atom stereocenters. The van der Waals surface area contributed by atoms with Crippen LogP contribution in [-0.2, 0) is 19.7 Å². The molecule has 0 atom stereocenters. The van der Waals surface area contributed by atoms with E-state index in [9.17, 15) is 35.2 Å². The van der Waals surface area contributed by atoms with Crippen molar-refractivity contribution in [2.24, 2.45) is 0 Å². The highest BCUT2D eigenvalue weighted by Crippen LogP contribution is 2.18. The first kappa shape index (κ1) is 15.3. The number of hydrogen-bond donors (Lipinski definition) is 1. The number of alkyl halides is 3. The van der Waals surface area contributed by atoms with E-state index < -0.39 is 38.7 Å². The minimum Gasteiger partial charge on any atom is -0.348 e.